The molecule has 1 aliphatic rings. The topological polar surface area (TPSA) is 73.3 Å². The Bertz CT molecular complexity index is 1070. The lowest BCUT2D eigenvalue weighted by molar-refractivity contribution is 0.0994. The highest BCUT2D eigenvalue weighted by atomic mass is 35.5. The molecule has 2 heterocycles. The molecule has 130 valence electrons. The highest BCUT2D eigenvalue weighted by Gasteiger charge is 2.28. The van der Waals surface area contributed by atoms with Gasteiger partial charge in [-0.15, -0.1) is 0 Å². The van der Waals surface area contributed by atoms with Crippen LogP contribution >= 0.6 is 23.2 Å². The van der Waals surface area contributed by atoms with Crippen LogP contribution in [0.3, 0.4) is 0 Å². The van der Waals surface area contributed by atoms with E-state index in [-0.39, 0.29) is 11.7 Å². The van der Waals surface area contributed by atoms with Crippen molar-refractivity contribution in [2.24, 2.45) is 10.7 Å². The second kappa shape index (κ2) is 6.27. The minimum atomic E-state index is -0.586. The first-order valence-corrected chi connectivity index (χ1v) is 8.73. The summed E-state index contributed by atoms with van der Waals surface area (Å²) in [6.45, 7) is 1.89. The summed E-state index contributed by atoms with van der Waals surface area (Å²) in [5.74, 6) is -0.586. The summed E-state index contributed by atoms with van der Waals surface area (Å²) in [6, 6.07) is 12.6. The van der Waals surface area contributed by atoms with E-state index in [0.717, 1.165) is 16.8 Å². The average Bonchev–Trinajstić information content (AvgIpc) is 3.01. The van der Waals surface area contributed by atoms with Crippen molar-refractivity contribution in [3.8, 4) is 5.69 Å². The maximum Gasteiger partial charge on any atom is 0.269 e. The molecule has 5 nitrogen and oxygen atoms in total. The summed E-state index contributed by atoms with van der Waals surface area (Å²) in [5.41, 5.74) is 9.48. The molecule has 0 saturated heterocycles. The third-order valence-corrected chi connectivity index (χ3v) is 4.92. The van der Waals surface area contributed by atoms with Gasteiger partial charge in [0.25, 0.3) is 5.91 Å². The Balaban J connectivity index is 2.07. The molecule has 1 atom stereocenters. The zero-order valence-corrected chi connectivity index (χ0v) is 15.3. The number of nitrogens with zero attached hydrogens (tertiary/aromatic N) is 3. The molecule has 0 spiro atoms. The fourth-order valence-corrected chi connectivity index (χ4v) is 3.64. The Morgan fingerprint density at radius 1 is 1.15 bits per heavy atom. The minimum absolute atomic E-state index is 0.211. The molecule has 0 aliphatic carbocycles. The number of rotatable bonds is 2. The molecule has 1 unspecified atom stereocenters. The lowest BCUT2D eigenvalue weighted by Gasteiger charge is -2.13. The zero-order chi connectivity index (χ0) is 18.4. The highest BCUT2D eigenvalue weighted by Crippen LogP contribution is 2.34. The van der Waals surface area contributed by atoms with E-state index in [9.17, 15) is 4.79 Å². The molecule has 1 aliphatic heterocycles. The Kier molecular flexibility index (Phi) is 4.05. The van der Waals surface area contributed by atoms with E-state index in [0.29, 0.717) is 21.5 Å². The molecular weight excluding hydrogens is 371 g/mol. The van der Waals surface area contributed by atoms with Crippen LogP contribution in [0.25, 0.3) is 5.69 Å². The summed E-state index contributed by atoms with van der Waals surface area (Å²) in [4.78, 5) is 20.9. The average molecular weight is 385 g/mol. The van der Waals surface area contributed by atoms with Crippen LogP contribution < -0.4 is 5.73 Å². The number of primary amides is 1. The van der Waals surface area contributed by atoms with Crippen molar-refractivity contribution in [2.45, 2.75) is 13.0 Å². The van der Waals surface area contributed by atoms with Crippen molar-refractivity contribution in [1.82, 2.24) is 9.55 Å². The number of nitrogens with two attached hydrogens (primary N) is 1. The molecule has 1 aromatic heterocycles. The zero-order valence-electron chi connectivity index (χ0n) is 13.8. The molecule has 0 bridgehead atoms. The Hall–Kier alpha value is -2.63. The van der Waals surface area contributed by atoms with Gasteiger partial charge >= 0.3 is 0 Å². The van der Waals surface area contributed by atoms with E-state index < -0.39 is 5.91 Å². The lowest BCUT2D eigenvalue weighted by atomic mass is 10.0. The summed E-state index contributed by atoms with van der Waals surface area (Å²) in [7, 11) is 0. The van der Waals surface area contributed by atoms with E-state index in [1.807, 2.05) is 47.9 Å². The van der Waals surface area contributed by atoms with Crippen molar-refractivity contribution in [3.05, 3.63) is 81.4 Å². The summed E-state index contributed by atoms with van der Waals surface area (Å²) < 4.78 is 1.84. The number of carbonyl (C=O) groups excluding carboxylic acids is 1. The van der Waals surface area contributed by atoms with Crippen LogP contribution in [0.5, 0.6) is 0 Å². The summed E-state index contributed by atoms with van der Waals surface area (Å²) >= 11 is 12.7. The van der Waals surface area contributed by atoms with Crippen molar-refractivity contribution in [2.75, 3.05) is 0 Å². The number of aliphatic imine (C=N–C) groups is 1. The van der Waals surface area contributed by atoms with Crippen LogP contribution in [0.4, 0.5) is 0 Å². The monoisotopic (exact) mass is 384 g/mol. The molecule has 7 heteroatoms. The van der Waals surface area contributed by atoms with E-state index in [1.165, 1.54) is 0 Å². The fourth-order valence-electron chi connectivity index (χ4n) is 3.24. The molecule has 4 rings (SSSR count). The molecule has 2 N–H and O–H groups in total. The number of amides is 1. The number of carbonyl (C=O) groups is 1. The second-order valence-corrected chi connectivity index (χ2v) is 6.85. The summed E-state index contributed by atoms with van der Waals surface area (Å²) in [5, 5.41) is 1.17. The van der Waals surface area contributed by atoms with Crippen LogP contribution in [-0.4, -0.2) is 21.2 Å². The van der Waals surface area contributed by atoms with Gasteiger partial charge in [-0.3, -0.25) is 14.4 Å². The van der Waals surface area contributed by atoms with Crippen LogP contribution in [0.2, 0.25) is 10.0 Å². The predicted octanol–water partition coefficient (Wildman–Crippen LogP) is 4.19. The smallest absolute Gasteiger partial charge is 0.269 e. The van der Waals surface area contributed by atoms with Gasteiger partial charge in [-0.25, -0.2) is 4.98 Å². The largest absolute Gasteiger partial charge is 0.364 e. The van der Waals surface area contributed by atoms with Crippen molar-refractivity contribution < 1.29 is 4.79 Å². The lowest BCUT2D eigenvalue weighted by Crippen LogP contribution is -2.15. The van der Waals surface area contributed by atoms with E-state index in [1.54, 1.807) is 12.4 Å². The predicted molar refractivity (Wildman–Crippen MR) is 103 cm³/mol. The Morgan fingerprint density at radius 2 is 1.92 bits per heavy atom. The normalized spacial score (nSPS) is 15.7. The third kappa shape index (κ3) is 2.60. The Labute approximate surface area is 160 Å². The number of aromatic nitrogens is 2. The van der Waals surface area contributed by atoms with Crippen molar-refractivity contribution in [1.29, 1.82) is 0 Å². The quantitative estimate of drug-likeness (QED) is 0.719. The number of hydrogen-bond acceptors (Lipinski definition) is 3. The first kappa shape index (κ1) is 16.8. The van der Waals surface area contributed by atoms with E-state index >= 15 is 0 Å². The first-order valence-electron chi connectivity index (χ1n) is 7.97. The van der Waals surface area contributed by atoms with Gasteiger partial charge < -0.3 is 5.73 Å². The Morgan fingerprint density at radius 3 is 2.65 bits per heavy atom. The standard InChI is InChI=1S/C19H14Cl2N4O/c1-10-18-17(19(22)26)23-9-25(18)15-7-6-11(20)8-13(15)16(24-10)12-4-2-3-5-14(12)21/h2-10H,1H3,(H2,22,26). The first-order chi connectivity index (χ1) is 12.5. The van der Waals surface area contributed by atoms with Gasteiger partial charge in [0.1, 0.15) is 6.33 Å². The third-order valence-electron chi connectivity index (χ3n) is 4.36. The van der Waals surface area contributed by atoms with E-state index in [4.69, 9.17) is 33.9 Å². The van der Waals surface area contributed by atoms with Gasteiger partial charge in [-0.05, 0) is 31.2 Å². The van der Waals surface area contributed by atoms with Gasteiger partial charge in [0.05, 0.1) is 23.1 Å². The van der Waals surface area contributed by atoms with Crippen LogP contribution in [0.15, 0.2) is 53.8 Å². The number of benzene rings is 2. The van der Waals surface area contributed by atoms with E-state index in [2.05, 4.69) is 4.98 Å². The van der Waals surface area contributed by atoms with Crippen molar-refractivity contribution in [3.63, 3.8) is 0 Å². The molecule has 1 amide bonds. The molecule has 2 aromatic carbocycles. The number of halogens is 2. The van der Waals surface area contributed by atoms with Crippen molar-refractivity contribution >= 4 is 34.8 Å². The molecule has 0 radical (unpaired) electrons. The summed E-state index contributed by atoms with van der Waals surface area (Å²) in [6.07, 6.45) is 1.59. The van der Waals surface area contributed by atoms with Crippen LogP contribution in [0, 0.1) is 0 Å². The molecule has 0 saturated carbocycles. The van der Waals surface area contributed by atoms with Gasteiger partial charge in [0, 0.05) is 21.2 Å². The van der Waals surface area contributed by atoms with Gasteiger partial charge in [-0.1, -0.05) is 41.4 Å². The van der Waals surface area contributed by atoms with Gasteiger partial charge in [0.15, 0.2) is 5.69 Å². The molecule has 3 aromatic rings. The van der Waals surface area contributed by atoms with Crippen LogP contribution in [0.1, 0.15) is 40.3 Å². The maximum absolute atomic E-state index is 11.8. The maximum atomic E-state index is 11.8. The van der Waals surface area contributed by atoms with Crippen LogP contribution in [-0.2, 0) is 0 Å². The minimum Gasteiger partial charge on any atom is -0.364 e. The fraction of sp³-hybridized carbons (Fsp3) is 0.105. The number of hydrogen-bond donors (Lipinski definition) is 1. The van der Waals surface area contributed by atoms with Gasteiger partial charge in [0.2, 0.25) is 0 Å². The van der Waals surface area contributed by atoms with Gasteiger partial charge in [-0.2, -0.15) is 0 Å². The number of fused-ring (bicyclic) bond motifs is 3. The highest BCUT2D eigenvalue weighted by molar-refractivity contribution is 6.36. The molecule has 0 fully saturated rings. The molecular formula is C19H14Cl2N4O. The molecule has 26 heavy (non-hydrogen) atoms. The second-order valence-electron chi connectivity index (χ2n) is 6.01. The SMILES string of the molecule is CC1N=C(c2ccccc2Cl)c2cc(Cl)ccc2-n2cnc(C(N)=O)c21. The number of imidazole rings is 1.